The molecule has 0 aliphatic heterocycles. The average molecular weight is 397 g/mol. The van der Waals surface area contributed by atoms with E-state index in [4.69, 9.17) is 31.7 Å². The van der Waals surface area contributed by atoms with Crippen molar-refractivity contribution in [2.45, 2.75) is 38.1 Å². The van der Waals surface area contributed by atoms with Gasteiger partial charge in [0.05, 0.1) is 36.3 Å². The van der Waals surface area contributed by atoms with E-state index >= 15 is 0 Å². The van der Waals surface area contributed by atoms with Gasteiger partial charge in [-0.2, -0.15) is 0 Å². The second-order valence-electron chi connectivity index (χ2n) is 7.06. The maximum atomic E-state index is 5.49. The van der Waals surface area contributed by atoms with Gasteiger partial charge in [0.25, 0.3) is 0 Å². The minimum Gasteiger partial charge on any atom is -0.493 e. The molecule has 0 bridgehead atoms. The van der Waals surface area contributed by atoms with E-state index in [1.54, 1.807) is 14.2 Å². The van der Waals surface area contributed by atoms with Crippen LogP contribution in [0, 0.1) is 0 Å². The second-order valence-corrected chi connectivity index (χ2v) is 7.46. The van der Waals surface area contributed by atoms with Crippen molar-refractivity contribution in [3.05, 3.63) is 30.3 Å². The van der Waals surface area contributed by atoms with Gasteiger partial charge < -0.3 is 20.1 Å². The molecule has 7 heteroatoms. The molecule has 146 valence electrons. The summed E-state index contributed by atoms with van der Waals surface area (Å²) in [7, 11) is 3.22. The number of nitrogens with zero attached hydrogens (tertiary/aromatic N) is 2. The van der Waals surface area contributed by atoms with Crippen LogP contribution in [0.5, 0.6) is 11.5 Å². The van der Waals surface area contributed by atoms with Crippen molar-refractivity contribution in [2.75, 3.05) is 19.5 Å². The van der Waals surface area contributed by atoms with Crippen LogP contribution < -0.4 is 20.1 Å². The molecule has 1 fully saturated rings. The standard InChI is InChI=1S/C21H24N4O2S/c1-26-19-11-17-18(12-20(19)27-2)25-16-10-14(8-9-15(16)24-17)23-21(28)22-13-6-4-3-5-7-13/h8-13H,3-7H2,1-2H3,(H2,22,23,28). The van der Waals surface area contributed by atoms with Gasteiger partial charge in [-0.1, -0.05) is 19.3 Å². The lowest BCUT2D eigenvalue weighted by Gasteiger charge is -2.24. The van der Waals surface area contributed by atoms with Crippen molar-refractivity contribution in [3.63, 3.8) is 0 Å². The van der Waals surface area contributed by atoms with E-state index in [0.29, 0.717) is 22.7 Å². The highest BCUT2D eigenvalue weighted by molar-refractivity contribution is 7.80. The Labute approximate surface area is 169 Å². The third-order valence-electron chi connectivity index (χ3n) is 5.14. The van der Waals surface area contributed by atoms with Gasteiger partial charge in [0.1, 0.15) is 0 Å². The first-order chi connectivity index (χ1) is 13.7. The number of ether oxygens (including phenoxy) is 2. The van der Waals surface area contributed by atoms with Gasteiger partial charge in [0, 0.05) is 23.9 Å². The number of hydrogen-bond donors (Lipinski definition) is 2. The van der Waals surface area contributed by atoms with E-state index in [-0.39, 0.29) is 0 Å². The molecule has 1 saturated carbocycles. The molecule has 2 aromatic carbocycles. The van der Waals surface area contributed by atoms with Crippen LogP contribution in [-0.4, -0.2) is 35.3 Å². The highest BCUT2D eigenvalue weighted by Gasteiger charge is 2.14. The quantitative estimate of drug-likeness (QED) is 0.500. The maximum absolute atomic E-state index is 5.49. The Morgan fingerprint density at radius 2 is 1.50 bits per heavy atom. The van der Waals surface area contributed by atoms with Crippen molar-refractivity contribution in [3.8, 4) is 11.5 Å². The lowest BCUT2D eigenvalue weighted by Crippen LogP contribution is -2.38. The molecule has 1 aliphatic rings. The third-order valence-corrected chi connectivity index (χ3v) is 5.36. The van der Waals surface area contributed by atoms with E-state index in [1.807, 2.05) is 30.3 Å². The number of thiocarbonyl (C=S) groups is 1. The minimum atomic E-state index is 0.473. The van der Waals surface area contributed by atoms with Crippen molar-refractivity contribution >= 4 is 45.1 Å². The zero-order valence-corrected chi connectivity index (χ0v) is 16.9. The number of hydrogen-bond acceptors (Lipinski definition) is 5. The summed E-state index contributed by atoms with van der Waals surface area (Å²) in [4.78, 5) is 9.44. The van der Waals surface area contributed by atoms with Crippen LogP contribution in [0.25, 0.3) is 22.1 Å². The Morgan fingerprint density at radius 3 is 2.14 bits per heavy atom. The van der Waals surface area contributed by atoms with Crippen molar-refractivity contribution in [1.29, 1.82) is 0 Å². The zero-order chi connectivity index (χ0) is 19.5. The molecular formula is C21H24N4O2S. The van der Waals surface area contributed by atoms with Crippen LogP contribution in [0.3, 0.4) is 0 Å². The molecule has 6 nitrogen and oxygen atoms in total. The lowest BCUT2D eigenvalue weighted by atomic mass is 9.96. The molecule has 0 saturated heterocycles. The summed E-state index contributed by atoms with van der Waals surface area (Å²) in [5.41, 5.74) is 4.03. The SMILES string of the molecule is COc1cc2nc3ccc(NC(=S)NC4CCCCC4)cc3nc2cc1OC. The molecule has 0 unspecified atom stereocenters. The first-order valence-corrected chi connectivity index (χ1v) is 9.98. The van der Waals surface area contributed by atoms with Gasteiger partial charge in [-0.15, -0.1) is 0 Å². The van der Waals surface area contributed by atoms with Crippen LogP contribution in [-0.2, 0) is 0 Å². The number of benzene rings is 2. The van der Waals surface area contributed by atoms with Crippen molar-refractivity contribution in [1.82, 2.24) is 15.3 Å². The van der Waals surface area contributed by atoms with Crippen LogP contribution in [0.1, 0.15) is 32.1 Å². The lowest BCUT2D eigenvalue weighted by molar-refractivity contribution is 0.355. The van der Waals surface area contributed by atoms with E-state index in [9.17, 15) is 0 Å². The fraction of sp³-hybridized carbons (Fsp3) is 0.381. The third kappa shape index (κ3) is 3.94. The Morgan fingerprint density at radius 1 is 0.893 bits per heavy atom. The molecule has 0 atom stereocenters. The Balaban J connectivity index is 1.58. The fourth-order valence-electron chi connectivity index (χ4n) is 3.68. The van der Waals surface area contributed by atoms with Gasteiger partial charge in [-0.25, -0.2) is 9.97 Å². The molecule has 28 heavy (non-hydrogen) atoms. The molecule has 1 aliphatic carbocycles. The Bertz CT molecular complexity index is 1020. The monoisotopic (exact) mass is 396 g/mol. The number of aromatic nitrogens is 2. The van der Waals surface area contributed by atoms with Crippen molar-refractivity contribution in [2.24, 2.45) is 0 Å². The molecule has 0 spiro atoms. The summed E-state index contributed by atoms with van der Waals surface area (Å²) in [5, 5.41) is 7.36. The number of anilines is 1. The molecule has 0 amide bonds. The number of rotatable bonds is 4. The molecule has 1 aromatic heterocycles. The van der Waals surface area contributed by atoms with Gasteiger partial charge in [-0.3, -0.25) is 0 Å². The number of nitrogens with one attached hydrogen (secondary N) is 2. The largest absolute Gasteiger partial charge is 0.493 e. The Hall–Kier alpha value is -2.67. The molecule has 1 heterocycles. The predicted molar refractivity (Wildman–Crippen MR) is 116 cm³/mol. The highest BCUT2D eigenvalue weighted by atomic mass is 32.1. The summed E-state index contributed by atoms with van der Waals surface area (Å²) in [5.74, 6) is 1.27. The topological polar surface area (TPSA) is 68.3 Å². The summed E-state index contributed by atoms with van der Waals surface area (Å²) in [6.45, 7) is 0. The summed E-state index contributed by atoms with van der Waals surface area (Å²) in [6, 6.07) is 10.0. The fourth-order valence-corrected chi connectivity index (χ4v) is 3.97. The van der Waals surface area contributed by atoms with E-state index in [2.05, 4.69) is 10.6 Å². The first kappa shape index (κ1) is 18.7. The highest BCUT2D eigenvalue weighted by Crippen LogP contribution is 2.31. The molecule has 4 rings (SSSR count). The Kier molecular flexibility index (Phi) is 5.43. The predicted octanol–water partition coefficient (Wildman–Crippen LogP) is 4.42. The first-order valence-electron chi connectivity index (χ1n) is 9.57. The molecule has 2 N–H and O–H groups in total. The normalized spacial score (nSPS) is 14.8. The van der Waals surface area contributed by atoms with Crippen LogP contribution in [0.15, 0.2) is 30.3 Å². The van der Waals surface area contributed by atoms with Gasteiger partial charge in [0.15, 0.2) is 16.6 Å². The molecule has 0 radical (unpaired) electrons. The van der Waals surface area contributed by atoms with Gasteiger partial charge in [-0.05, 0) is 43.3 Å². The van der Waals surface area contributed by atoms with Crippen LogP contribution >= 0.6 is 12.2 Å². The molecular weight excluding hydrogens is 372 g/mol. The second kappa shape index (κ2) is 8.14. The van der Waals surface area contributed by atoms with E-state index < -0.39 is 0 Å². The van der Waals surface area contributed by atoms with Crippen LogP contribution in [0.4, 0.5) is 5.69 Å². The van der Waals surface area contributed by atoms with Crippen molar-refractivity contribution < 1.29 is 9.47 Å². The summed E-state index contributed by atoms with van der Waals surface area (Å²) < 4.78 is 10.7. The zero-order valence-electron chi connectivity index (χ0n) is 16.1. The van der Waals surface area contributed by atoms with Crippen LogP contribution in [0.2, 0.25) is 0 Å². The smallest absolute Gasteiger partial charge is 0.170 e. The maximum Gasteiger partial charge on any atom is 0.170 e. The minimum absolute atomic E-state index is 0.473. The van der Waals surface area contributed by atoms with E-state index in [0.717, 1.165) is 27.8 Å². The van der Waals surface area contributed by atoms with E-state index in [1.165, 1.54) is 32.1 Å². The average Bonchev–Trinajstić information content (AvgIpc) is 2.71. The number of methoxy groups -OCH3 is 2. The number of fused-ring (bicyclic) bond motifs is 2. The van der Waals surface area contributed by atoms with Gasteiger partial charge in [0.2, 0.25) is 0 Å². The summed E-state index contributed by atoms with van der Waals surface area (Å²) in [6.07, 6.45) is 6.23. The summed E-state index contributed by atoms with van der Waals surface area (Å²) >= 11 is 5.49. The molecule has 3 aromatic rings. The van der Waals surface area contributed by atoms with Gasteiger partial charge >= 0.3 is 0 Å².